The maximum absolute atomic E-state index is 10.2. The Bertz CT molecular complexity index is 1640. The molecule has 6 rings (SSSR count). The van der Waals surface area contributed by atoms with Crippen LogP contribution in [0.2, 0.25) is 0 Å². The number of pyridine rings is 3. The number of thiophene rings is 1. The monoisotopic (exact) mass is 441 g/mol. The summed E-state index contributed by atoms with van der Waals surface area (Å²) in [5.74, 6) is 0. The Hall–Kier alpha value is -3.69. The van der Waals surface area contributed by atoms with Crippen LogP contribution in [0.25, 0.3) is 54.7 Å². The summed E-state index contributed by atoms with van der Waals surface area (Å²) in [7, 11) is 3.77. The first-order valence-corrected chi connectivity index (χ1v) is 11.0. The Labute approximate surface area is 186 Å². The Kier molecular flexibility index (Phi) is 4.11. The third-order valence-electron chi connectivity index (χ3n) is 5.49. The topological polar surface area (TPSA) is 94.5 Å². The van der Waals surface area contributed by atoms with Gasteiger partial charge >= 0.3 is 0 Å². The molecular weight excluding hydrogens is 422 g/mol. The maximum atomic E-state index is 10.2. The van der Waals surface area contributed by atoms with Crippen molar-refractivity contribution in [3.05, 3.63) is 53.9 Å². The first-order chi connectivity index (χ1) is 15.4. The van der Waals surface area contributed by atoms with Gasteiger partial charge in [0.15, 0.2) is 11.3 Å². The van der Waals surface area contributed by atoms with Gasteiger partial charge in [-0.15, -0.1) is 11.3 Å². The molecule has 158 valence electrons. The van der Waals surface area contributed by atoms with Gasteiger partial charge in [0.2, 0.25) is 0 Å². The van der Waals surface area contributed by atoms with Crippen molar-refractivity contribution in [1.82, 2.24) is 34.5 Å². The predicted molar refractivity (Wildman–Crippen MR) is 125 cm³/mol. The van der Waals surface area contributed by atoms with E-state index in [2.05, 4.69) is 38.4 Å². The average Bonchev–Trinajstić information content (AvgIpc) is 3.45. The molecule has 6 heterocycles. The van der Waals surface area contributed by atoms with Crippen molar-refractivity contribution >= 4 is 43.6 Å². The smallest absolute Gasteiger partial charge is 0.181 e. The van der Waals surface area contributed by atoms with Crippen LogP contribution in [0, 0.1) is 0 Å². The molecule has 0 fully saturated rings. The van der Waals surface area contributed by atoms with Gasteiger partial charge in [-0.05, 0) is 36.8 Å². The minimum Gasteiger partial charge on any atom is -0.388 e. The SMILES string of the molecule is CC(O)c1cc2c(-c3cnc4nn(C)cc4c3)cc(-c3cnc4nn(C)cc4c3)nc2s1. The molecule has 6 aromatic rings. The third-order valence-corrected chi connectivity index (χ3v) is 6.69. The van der Waals surface area contributed by atoms with Gasteiger partial charge in [-0.1, -0.05) is 0 Å². The van der Waals surface area contributed by atoms with Crippen molar-refractivity contribution in [1.29, 1.82) is 0 Å². The van der Waals surface area contributed by atoms with E-state index in [4.69, 9.17) is 4.98 Å². The van der Waals surface area contributed by atoms with E-state index in [1.807, 2.05) is 38.8 Å². The lowest BCUT2D eigenvalue weighted by molar-refractivity contribution is 0.203. The van der Waals surface area contributed by atoms with Crippen molar-refractivity contribution < 1.29 is 5.11 Å². The summed E-state index contributed by atoms with van der Waals surface area (Å²) in [5.41, 5.74) is 5.13. The maximum Gasteiger partial charge on any atom is 0.181 e. The molecule has 0 aliphatic rings. The lowest BCUT2D eigenvalue weighted by Gasteiger charge is -2.08. The second kappa shape index (κ2) is 6.91. The summed E-state index contributed by atoms with van der Waals surface area (Å²) in [5, 5.41) is 21.8. The molecule has 8 nitrogen and oxygen atoms in total. The highest BCUT2D eigenvalue weighted by Crippen LogP contribution is 2.38. The van der Waals surface area contributed by atoms with Crippen LogP contribution in [0.15, 0.2) is 49.1 Å². The number of aromatic nitrogens is 7. The van der Waals surface area contributed by atoms with E-state index in [1.165, 1.54) is 11.3 Å². The highest BCUT2D eigenvalue weighted by atomic mass is 32.1. The van der Waals surface area contributed by atoms with Gasteiger partial charge in [0.25, 0.3) is 0 Å². The fourth-order valence-electron chi connectivity index (χ4n) is 3.98. The molecule has 1 atom stereocenters. The van der Waals surface area contributed by atoms with Gasteiger partial charge < -0.3 is 5.11 Å². The molecule has 0 spiro atoms. The first-order valence-electron chi connectivity index (χ1n) is 10.2. The molecular formula is C23H19N7OS. The van der Waals surface area contributed by atoms with Crippen LogP contribution >= 0.6 is 11.3 Å². The van der Waals surface area contributed by atoms with E-state index in [0.717, 1.165) is 48.3 Å². The zero-order valence-corrected chi connectivity index (χ0v) is 18.5. The molecule has 0 saturated heterocycles. The summed E-state index contributed by atoms with van der Waals surface area (Å²) in [6, 6.07) is 8.24. The van der Waals surface area contributed by atoms with Gasteiger partial charge in [0.05, 0.1) is 11.8 Å². The van der Waals surface area contributed by atoms with Crippen molar-refractivity contribution in [3.63, 3.8) is 0 Å². The first kappa shape index (κ1) is 19.0. The van der Waals surface area contributed by atoms with Crippen LogP contribution in [0.4, 0.5) is 0 Å². The Balaban J connectivity index is 1.60. The molecule has 0 aromatic carbocycles. The highest BCUT2D eigenvalue weighted by molar-refractivity contribution is 7.18. The highest BCUT2D eigenvalue weighted by Gasteiger charge is 2.16. The van der Waals surface area contributed by atoms with Crippen molar-refractivity contribution in [2.24, 2.45) is 14.1 Å². The number of aliphatic hydroxyl groups excluding tert-OH is 1. The van der Waals surface area contributed by atoms with Gasteiger partial charge in [-0.2, -0.15) is 10.2 Å². The van der Waals surface area contributed by atoms with Gasteiger partial charge in [0, 0.05) is 71.0 Å². The minimum absolute atomic E-state index is 0.558. The van der Waals surface area contributed by atoms with E-state index >= 15 is 0 Å². The van der Waals surface area contributed by atoms with Crippen molar-refractivity contribution in [2.75, 3.05) is 0 Å². The lowest BCUT2D eigenvalue weighted by atomic mass is 10.0. The van der Waals surface area contributed by atoms with E-state index < -0.39 is 6.10 Å². The zero-order chi connectivity index (χ0) is 22.0. The molecule has 0 saturated carbocycles. The number of rotatable bonds is 3. The Morgan fingerprint density at radius 1 is 0.875 bits per heavy atom. The minimum atomic E-state index is -0.558. The molecule has 0 amide bonds. The molecule has 0 bridgehead atoms. The normalized spacial score (nSPS) is 12.9. The summed E-state index contributed by atoms with van der Waals surface area (Å²) >= 11 is 1.50. The molecule has 0 radical (unpaired) electrons. The fraction of sp³-hybridized carbons (Fsp3) is 0.174. The molecule has 32 heavy (non-hydrogen) atoms. The standard InChI is InChI=1S/C23H19N7OS/c1-12(31)20-7-18-17(13-4-15-10-29(2)27-21(15)24-8-13)6-19(26-23(18)32-20)14-5-16-11-30(3)28-22(16)25-9-14/h4-12,31H,1-3H3. The van der Waals surface area contributed by atoms with E-state index in [1.54, 1.807) is 22.5 Å². The molecule has 1 N–H and O–H groups in total. The van der Waals surface area contributed by atoms with E-state index in [-0.39, 0.29) is 0 Å². The van der Waals surface area contributed by atoms with Crippen LogP contribution in [0.3, 0.4) is 0 Å². The third kappa shape index (κ3) is 3.05. The van der Waals surface area contributed by atoms with Crippen LogP contribution in [0.5, 0.6) is 0 Å². The van der Waals surface area contributed by atoms with Crippen LogP contribution in [-0.4, -0.2) is 39.6 Å². The zero-order valence-electron chi connectivity index (χ0n) is 17.7. The lowest BCUT2D eigenvalue weighted by Crippen LogP contribution is -1.90. The van der Waals surface area contributed by atoms with Crippen LogP contribution in [-0.2, 0) is 14.1 Å². The summed E-state index contributed by atoms with van der Waals surface area (Å²) in [6.07, 6.45) is 7.00. The number of aryl methyl sites for hydroxylation is 2. The van der Waals surface area contributed by atoms with Crippen molar-refractivity contribution in [3.8, 4) is 22.4 Å². The summed E-state index contributed by atoms with van der Waals surface area (Å²) in [6.45, 7) is 1.77. The number of hydrogen-bond donors (Lipinski definition) is 1. The molecule has 0 aliphatic heterocycles. The second-order valence-electron chi connectivity index (χ2n) is 7.98. The molecule has 6 aromatic heterocycles. The molecule has 9 heteroatoms. The number of aliphatic hydroxyl groups is 1. The summed E-state index contributed by atoms with van der Waals surface area (Å²) < 4.78 is 3.52. The number of fused-ring (bicyclic) bond motifs is 3. The van der Waals surface area contributed by atoms with Gasteiger partial charge in [-0.3, -0.25) is 9.36 Å². The molecule has 1 unspecified atom stereocenters. The Morgan fingerprint density at radius 3 is 2.16 bits per heavy atom. The number of hydrogen-bond acceptors (Lipinski definition) is 7. The van der Waals surface area contributed by atoms with E-state index in [9.17, 15) is 5.11 Å². The molecule has 0 aliphatic carbocycles. The largest absolute Gasteiger partial charge is 0.388 e. The van der Waals surface area contributed by atoms with Gasteiger partial charge in [0.1, 0.15) is 4.83 Å². The van der Waals surface area contributed by atoms with Gasteiger partial charge in [-0.25, -0.2) is 15.0 Å². The van der Waals surface area contributed by atoms with E-state index in [0.29, 0.717) is 11.3 Å². The van der Waals surface area contributed by atoms with Crippen molar-refractivity contribution in [2.45, 2.75) is 13.0 Å². The Morgan fingerprint density at radius 2 is 1.50 bits per heavy atom. The second-order valence-corrected chi connectivity index (χ2v) is 9.04. The van der Waals surface area contributed by atoms with Crippen LogP contribution in [0.1, 0.15) is 17.9 Å². The average molecular weight is 442 g/mol. The predicted octanol–water partition coefficient (Wildman–Crippen LogP) is 4.25. The quantitative estimate of drug-likeness (QED) is 0.441. The summed E-state index contributed by atoms with van der Waals surface area (Å²) in [4.78, 5) is 15.7. The van der Waals surface area contributed by atoms with Crippen LogP contribution < -0.4 is 0 Å². The number of nitrogens with zero attached hydrogens (tertiary/aromatic N) is 7. The fourth-order valence-corrected chi connectivity index (χ4v) is 4.97.